The average Bonchev–Trinajstić information content (AvgIpc) is 2.80. The zero-order valence-electron chi connectivity index (χ0n) is 18.0. The van der Waals surface area contributed by atoms with E-state index in [1.54, 1.807) is 12.3 Å². The Balaban J connectivity index is 1.48. The van der Waals surface area contributed by atoms with Crippen LogP contribution in [0.15, 0.2) is 79.0 Å². The number of nitrogens with zero attached hydrogens (tertiary/aromatic N) is 1. The maximum Gasteiger partial charge on any atom is 0.244 e. The standard InChI is InChI=1S/C26H28N2O3/c1-20(2)30-18-23-8-4-3-7-22(23)17-28-26(29)15-12-21-10-13-25(14-11-21)31-19-24-9-5-6-16-27-24/h3-16,20H,17-19H2,1-2H3,(H,28,29)/b15-12+. The molecule has 0 spiro atoms. The van der Waals surface area contributed by atoms with Crippen molar-refractivity contribution < 1.29 is 14.3 Å². The van der Waals surface area contributed by atoms with Gasteiger partial charge in [0.05, 0.1) is 18.4 Å². The van der Waals surface area contributed by atoms with Crippen LogP contribution in [-0.2, 0) is 29.3 Å². The van der Waals surface area contributed by atoms with Gasteiger partial charge in [0.15, 0.2) is 0 Å². The fourth-order valence-corrected chi connectivity index (χ4v) is 2.86. The number of nitrogens with one attached hydrogen (secondary N) is 1. The summed E-state index contributed by atoms with van der Waals surface area (Å²) >= 11 is 0. The molecule has 31 heavy (non-hydrogen) atoms. The van der Waals surface area contributed by atoms with Gasteiger partial charge >= 0.3 is 0 Å². The number of amides is 1. The maximum absolute atomic E-state index is 12.2. The topological polar surface area (TPSA) is 60.5 Å². The van der Waals surface area contributed by atoms with Crippen LogP contribution in [0.25, 0.3) is 6.08 Å². The van der Waals surface area contributed by atoms with Crippen molar-refractivity contribution in [2.24, 2.45) is 0 Å². The number of ether oxygens (including phenoxy) is 2. The van der Waals surface area contributed by atoms with Crippen LogP contribution in [0.5, 0.6) is 5.75 Å². The Morgan fingerprint density at radius 2 is 1.71 bits per heavy atom. The first-order chi connectivity index (χ1) is 15.1. The lowest BCUT2D eigenvalue weighted by molar-refractivity contribution is -0.116. The van der Waals surface area contributed by atoms with Crippen LogP contribution in [0.2, 0.25) is 0 Å². The molecule has 1 aromatic heterocycles. The van der Waals surface area contributed by atoms with E-state index in [1.807, 2.05) is 80.6 Å². The normalized spacial score (nSPS) is 11.1. The zero-order chi connectivity index (χ0) is 21.9. The average molecular weight is 417 g/mol. The number of pyridine rings is 1. The predicted octanol–water partition coefficient (Wildman–Crippen LogP) is 4.92. The fraction of sp³-hybridized carbons (Fsp3) is 0.231. The number of carbonyl (C=O) groups is 1. The molecule has 5 nitrogen and oxygen atoms in total. The second-order valence-corrected chi connectivity index (χ2v) is 7.36. The fourth-order valence-electron chi connectivity index (χ4n) is 2.86. The molecule has 0 aliphatic carbocycles. The lowest BCUT2D eigenvalue weighted by Gasteiger charge is -2.12. The van der Waals surface area contributed by atoms with Crippen LogP contribution in [0, 0.1) is 0 Å². The Morgan fingerprint density at radius 3 is 2.42 bits per heavy atom. The smallest absolute Gasteiger partial charge is 0.244 e. The van der Waals surface area contributed by atoms with Gasteiger partial charge in [-0.05, 0) is 60.9 Å². The maximum atomic E-state index is 12.2. The highest BCUT2D eigenvalue weighted by Crippen LogP contribution is 2.15. The predicted molar refractivity (Wildman–Crippen MR) is 122 cm³/mol. The second kappa shape index (κ2) is 11.7. The molecule has 0 bridgehead atoms. The molecule has 0 saturated carbocycles. The molecule has 0 aliphatic heterocycles. The minimum absolute atomic E-state index is 0.143. The van der Waals surface area contributed by atoms with E-state index in [4.69, 9.17) is 9.47 Å². The highest BCUT2D eigenvalue weighted by Gasteiger charge is 2.05. The van der Waals surface area contributed by atoms with Gasteiger partial charge in [-0.1, -0.05) is 42.5 Å². The second-order valence-electron chi connectivity index (χ2n) is 7.36. The highest BCUT2D eigenvalue weighted by molar-refractivity contribution is 5.91. The van der Waals surface area contributed by atoms with Crippen molar-refractivity contribution in [3.63, 3.8) is 0 Å². The third-order valence-corrected chi connectivity index (χ3v) is 4.56. The first-order valence-electron chi connectivity index (χ1n) is 10.4. The van der Waals surface area contributed by atoms with Gasteiger partial charge in [0.2, 0.25) is 5.91 Å². The van der Waals surface area contributed by atoms with Gasteiger partial charge in [-0.2, -0.15) is 0 Å². The molecule has 1 heterocycles. The molecule has 3 rings (SSSR count). The molecule has 0 radical (unpaired) electrons. The molecule has 1 amide bonds. The third kappa shape index (κ3) is 7.72. The van der Waals surface area contributed by atoms with Crippen molar-refractivity contribution in [2.45, 2.75) is 39.7 Å². The lowest BCUT2D eigenvalue weighted by Crippen LogP contribution is -2.21. The van der Waals surface area contributed by atoms with Crippen molar-refractivity contribution >= 4 is 12.0 Å². The van der Waals surface area contributed by atoms with Crippen molar-refractivity contribution in [3.8, 4) is 5.75 Å². The van der Waals surface area contributed by atoms with Crippen molar-refractivity contribution in [3.05, 3.63) is 101 Å². The molecular formula is C26H28N2O3. The summed E-state index contributed by atoms with van der Waals surface area (Å²) in [7, 11) is 0. The highest BCUT2D eigenvalue weighted by atomic mass is 16.5. The van der Waals surface area contributed by atoms with E-state index >= 15 is 0 Å². The number of benzene rings is 2. The van der Waals surface area contributed by atoms with Gasteiger partial charge in [0, 0.05) is 18.8 Å². The van der Waals surface area contributed by atoms with E-state index in [0.29, 0.717) is 19.8 Å². The summed E-state index contributed by atoms with van der Waals surface area (Å²) in [5, 5.41) is 2.93. The number of hydrogen-bond donors (Lipinski definition) is 1. The zero-order valence-corrected chi connectivity index (χ0v) is 18.0. The minimum Gasteiger partial charge on any atom is -0.487 e. The molecule has 3 aromatic rings. The van der Waals surface area contributed by atoms with Gasteiger partial charge in [-0.15, -0.1) is 0 Å². The summed E-state index contributed by atoms with van der Waals surface area (Å²) in [4.78, 5) is 16.5. The number of carbonyl (C=O) groups excluding carboxylic acids is 1. The third-order valence-electron chi connectivity index (χ3n) is 4.56. The van der Waals surface area contributed by atoms with Gasteiger partial charge in [-0.25, -0.2) is 0 Å². The van der Waals surface area contributed by atoms with Crippen LogP contribution >= 0.6 is 0 Å². The van der Waals surface area contributed by atoms with E-state index < -0.39 is 0 Å². The first-order valence-corrected chi connectivity index (χ1v) is 10.4. The summed E-state index contributed by atoms with van der Waals surface area (Å²) in [6.07, 6.45) is 5.23. The quantitative estimate of drug-likeness (QED) is 0.477. The molecule has 0 unspecified atom stereocenters. The van der Waals surface area contributed by atoms with Crippen molar-refractivity contribution in [1.29, 1.82) is 0 Å². The number of aromatic nitrogens is 1. The molecule has 0 saturated heterocycles. The Bertz CT molecular complexity index is 983. The minimum atomic E-state index is -0.143. The Labute approximate surface area is 183 Å². The summed E-state index contributed by atoms with van der Waals surface area (Å²) in [5.41, 5.74) is 3.94. The van der Waals surface area contributed by atoms with E-state index in [9.17, 15) is 4.79 Å². The molecule has 0 fully saturated rings. The first kappa shape index (κ1) is 22.2. The monoisotopic (exact) mass is 416 g/mol. The van der Waals surface area contributed by atoms with Gasteiger partial charge < -0.3 is 14.8 Å². The molecule has 0 aliphatic rings. The Morgan fingerprint density at radius 1 is 0.968 bits per heavy atom. The molecule has 5 heteroatoms. The van der Waals surface area contributed by atoms with E-state index in [-0.39, 0.29) is 12.0 Å². The van der Waals surface area contributed by atoms with Gasteiger partial charge in [0.25, 0.3) is 0 Å². The van der Waals surface area contributed by atoms with E-state index in [2.05, 4.69) is 10.3 Å². The molecule has 1 N–H and O–H groups in total. The largest absolute Gasteiger partial charge is 0.487 e. The van der Waals surface area contributed by atoms with Crippen molar-refractivity contribution in [2.75, 3.05) is 0 Å². The molecule has 160 valence electrons. The Hall–Kier alpha value is -3.44. The SMILES string of the molecule is CC(C)OCc1ccccc1CNC(=O)/C=C/c1ccc(OCc2ccccn2)cc1. The Kier molecular flexibility index (Phi) is 8.38. The van der Waals surface area contributed by atoms with Crippen LogP contribution in [0.4, 0.5) is 0 Å². The molecule has 0 atom stereocenters. The molecule has 2 aromatic carbocycles. The van der Waals surface area contributed by atoms with Gasteiger partial charge in [-0.3, -0.25) is 9.78 Å². The van der Waals surface area contributed by atoms with E-state index in [0.717, 1.165) is 28.1 Å². The van der Waals surface area contributed by atoms with Crippen LogP contribution in [0.1, 0.15) is 36.2 Å². The van der Waals surface area contributed by atoms with Crippen LogP contribution in [0.3, 0.4) is 0 Å². The van der Waals surface area contributed by atoms with Crippen LogP contribution < -0.4 is 10.1 Å². The molecular weight excluding hydrogens is 388 g/mol. The summed E-state index contributed by atoms with van der Waals surface area (Å²) in [6.45, 7) is 5.43. The summed E-state index contributed by atoms with van der Waals surface area (Å²) in [6, 6.07) is 21.3. The number of hydrogen-bond acceptors (Lipinski definition) is 4. The number of rotatable bonds is 10. The summed E-state index contributed by atoms with van der Waals surface area (Å²) < 4.78 is 11.4. The van der Waals surface area contributed by atoms with Gasteiger partial charge in [0.1, 0.15) is 12.4 Å². The van der Waals surface area contributed by atoms with Crippen molar-refractivity contribution in [1.82, 2.24) is 10.3 Å². The lowest BCUT2D eigenvalue weighted by atomic mass is 10.1. The van der Waals surface area contributed by atoms with Crippen LogP contribution in [-0.4, -0.2) is 17.0 Å². The van der Waals surface area contributed by atoms with E-state index in [1.165, 1.54) is 6.08 Å². The summed E-state index contributed by atoms with van der Waals surface area (Å²) in [5.74, 6) is 0.613.